The molecule has 0 aromatic carbocycles. The summed E-state index contributed by atoms with van der Waals surface area (Å²) in [5, 5.41) is 3.05. The SMILES string of the molecule is CCNCC(=O)N(CC)C(C)CC. The van der Waals surface area contributed by atoms with Crippen LogP contribution in [0.2, 0.25) is 0 Å². The molecule has 0 radical (unpaired) electrons. The number of nitrogens with one attached hydrogen (secondary N) is 1. The first kappa shape index (κ1) is 12.4. The summed E-state index contributed by atoms with van der Waals surface area (Å²) >= 11 is 0. The van der Waals surface area contributed by atoms with Gasteiger partial charge in [-0.2, -0.15) is 0 Å². The van der Waals surface area contributed by atoms with Gasteiger partial charge in [0.2, 0.25) is 5.91 Å². The highest BCUT2D eigenvalue weighted by Crippen LogP contribution is 2.02. The number of carbonyl (C=O) groups excluding carboxylic acids is 1. The first-order valence-electron chi connectivity index (χ1n) is 5.17. The Morgan fingerprint density at radius 1 is 1.38 bits per heavy atom. The second kappa shape index (κ2) is 6.89. The summed E-state index contributed by atoms with van der Waals surface area (Å²) in [6.07, 6.45) is 1.02. The molecule has 0 spiro atoms. The van der Waals surface area contributed by atoms with Crippen LogP contribution in [0.25, 0.3) is 0 Å². The molecule has 0 bridgehead atoms. The van der Waals surface area contributed by atoms with E-state index in [4.69, 9.17) is 0 Å². The van der Waals surface area contributed by atoms with E-state index in [0.717, 1.165) is 19.5 Å². The van der Waals surface area contributed by atoms with E-state index in [1.807, 2.05) is 18.7 Å². The Morgan fingerprint density at radius 2 is 2.00 bits per heavy atom. The largest absolute Gasteiger partial charge is 0.339 e. The number of hydrogen-bond donors (Lipinski definition) is 1. The summed E-state index contributed by atoms with van der Waals surface area (Å²) < 4.78 is 0. The van der Waals surface area contributed by atoms with Gasteiger partial charge in [0, 0.05) is 12.6 Å². The molecule has 78 valence electrons. The van der Waals surface area contributed by atoms with E-state index in [0.29, 0.717) is 12.6 Å². The van der Waals surface area contributed by atoms with Gasteiger partial charge in [0.1, 0.15) is 0 Å². The van der Waals surface area contributed by atoms with Crippen LogP contribution in [0.15, 0.2) is 0 Å². The van der Waals surface area contributed by atoms with Gasteiger partial charge in [0.05, 0.1) is 6.54 Å². The number of hydrogen-bond acceptors (Lipinski definition) is 2. The van der Waals surface area contributed by atoms with Crippen molar-refractivity contribution in [3.8, 4) is 0 Å². The third kappa shape index (κ3) is 4.27. The predicted octanol–water partition coefficient (Wildman–Crippen LogP) is 1.24. The van der Waals surface area contributed by atoms with Crippen LogP contribution in [0.1, 0.15) is 34.1 Å². The standard InChI is InChI=1S/C10H22N2O/c1-5-9(4)12(7-3)10(13)8-11-6-2/h9,11H,5-8H2,1-4H3. The molecule has 1 unspecified atom stereocenters. The van der Waals surface area contributed by atoms with E-state index in [1.165, 1.54) is 0 Å². The van der Waals surface area contributed by atoms with Crippen molar-refractivity contribution < 1.29 is 4.79 Å². The monoisotopic (exact) mass is 186 g/mol. The molecular weight excluding hydrogens is 164 g/mol. The molecule has 0 aliphatic rings. The summed E-state index contributed by atoms with van der Waals surface area (Å²) in [6.45, 7) is 10.3. The Kier molecular flexibility index (Phi) is 6.59. The van der Waals surface area contributed by atoms with Crippen LogP contribution in [-0.2, 0) is 4.79 Å². The molecule has 3 nitrogen and oxygen atoms in total. The van der Waals surface area contributed by atoms with Crippen LogP contribution in [0.4, 0.5) is 0 Å². The smallest absolute Gasteiger partial charge is 0.236 e. The van der Waals surface area contributed by atoms with Crippen molar-refractivity contribution in [3.05, 3.63) is 0 Å². The molecule has 1 amide bonds. The minimum Gasteiger partial charge on any atom is -0.339 e. The van der Waals surface area contributed by atoms with Gasteiger partial charge in [0.25, 0.3) is 0 Å². The lowest BCUT2D eigenvalue weighted by atomic mass is 10.2. The summed E-state index contributed by atoms with van der Waals surface area (Å²) in [5.41, 5.74) is 0. The maximum absolute atomic E-state index is 11.6. The Hall–Kier alpha value is -0.570. The van der Waals surface area contributed by atoms with Gasteiger partial charge in [-0.05, 0) is 26.8 Å². The predicted molar refractivity (Wildman–Crippen MR) is 55.7 cm³/mol. The molecule has 0 aromatic rings. The molecular formula is C10H22N2O. The minimum atomic E-state index is 0.207. The van der Waals surface area contributed by atoms with Gasteiger partial charge in [-0.25, -0.2) is 0 Å². The Balaban J connectivity index is 3.99. The van der Waals surface area contributed by atoms with E-state index in [2.05, 4.69) is 19.2 Å². The molecule has 0 saturated heterocycles. The fourth-order valence-electron chi connectivity index (χ4n) is 1.29. The van der Waals surface area contributed by atoms with Crippen molar-refractivity contribution in [2.75, 3.05) is 19.6 Å². The van der Waals surface area contributed by atoms with E-state index < -0.39 is 0 Å². The molecule has 0 fully saturated rings. The summed E-state index contributed by atoms with van der Waals surface area (Å²) in [4.78, 5) is 13.5. The topological polar surface area (TPSA) is 32.3 Å². The number of nitrogens with zero attached hydrogens (tertiary/aromatic N) is 1. The van der Waals surface area contributed by atoms with Crippen LogP contribution in [0.3, 0.4) is 0 Å². The quantitative estimate of drug-likeness (QED) is 0.677. The zero-order chi connectivity index (χ0) is 10.3. The lowest BCUT2D eigenvalue weighted by Gasteiger charge is -2.27. The minimum absolute atomic E-state index is 0.207. The van der Waals surface area contributed by atoms with Gasteiger partial charge in [-0.3, -0.25) is 4.79 Å². The number of carbonyl (C=O) groups is 1. The first-order valence-corrected chi connectivity index (χ1v) is 5.17. The van der Waals surface area contributed by atoms with Gasteiger partial charge in [-0.1, -0.05) is 13.8 Å². The van der Waals surface area contributed by atoms with E-state index >= 15 is 0 Å². The molecule has 0 aliphatic carbocycles. The fraction of sp³-hybridized carbons (Fsp3) is 0.900. The highest BCUT2D eigenvalue weighted by atomic mass is 16.2. The van der Waals surface area contributed by atoms with E-state index in [9.17, 15) is 4.79 Å². The normalized spacial score (nSPS) is 12.6. The number of rotatable bonds is 6. The highest BCUT2D eigenvalue weighted by Gasteiger charge is 2.15. The third-order valence-corrected chi connectivity index (χ3v) is 2.31. The molecule has 0 aromatic heterocycles. The fourth-order valence-corrected chi connectivity index (χ4v) is 1.29. The van der Waals surface area contributed by atoms with Gasteiger partial charge in [0.15, 0.2) is 0 Å². The van der Waals surface area contributed by atoms with Crippen LogP contribution in [-0.4, -0.2) is 36.5 Å². The van der Waals surface area contributed by atoms with Gasteiger partial charge in [-0.15, -0.1) is 0 Å². The van der Waals surface area contributed by atoms with Crippen molar-refractivity contribution in [1.82, 2.24) is 10.2 Å². The molecule has 0 rings (SSSR count). The Bertz CT molecular complexity index is 148. The van der Waals surface area contributed by atoms with Crippen LogP contribution in [0, 0.1) is 0 Å². The molecule has 1 atom stereocenters. The van der Waals surface area contributed by atoms with Crippen LogP contribution in [0.5, 0.6) is 0 Å². The second-order valence-corrected chi connectivity index (χ2v) is 3.22. The highest BCUT2D eigenvalue weighted by molar-refractivity contribution is 5.78. The van der Waals surface area contributed by atoms with E-state index in [-0.39, 0.29) is 5.91 Å². The Morgan fingerprint density at radius 3 is 2.38 bits per heavy atom. The zero-order valence-electron chi connectivity index (χ0n) is 9.26. The van der Waals surface area contributed by atoms with Gasteiger partial charge >= 0.3 is 0 Å². The maximum atomic E-state index is 11.6. The Labute approximate surface area is 81.5 Å². The van der Waals surface area contributed by atoms with Crippen molar-refractivity contribution >= 4 is 5.91 Å². The lowest BCUT2D eigenvalue weighted by molar-refractivity contribution is -0.132. The molecule has 0 heterocycles. The third-order valence-electron chi connectivity index (χ3n) is 2.31. The maximum Gasteiger partial charge on any atom is 0.236 e. The van der Waals surface area contributed by atoms with Crippen LogP contribution < -0.4 is 5.32 Å². The second-order valence-electron chi connectivity index (χ2n) is 3.22. The van der Waals surface area contributed by atoms with Crippen molar-refractivity contribution in [2.45, 2.75) is 40.2 Å². The summed E-state index contributed by atoms with van der Waals surface area (Å²) in [7, 11) is 0. The molecule has 0 aliphatic heterocycles. The summed E-state index contributed by atoms with van der Waals surface area (Å²) in [6, 6.07) is 0.358. The molecule has 1 N–H and O–H groups in total. The van der Waals surface area contributed by atoms with E-state index in [1.54, 1.807) is 0 Å². The van der Waals surface area contributed by atoms with Crippen LogP contribution >= 0.6 is 0 Å². The zero-order valence-corrected chi connectivity index (χ0v) is 9.26. The number of likely N-dealkylation sites (N-methyl/N-ethyl adjacent to an activating group) is 2. The first-order chi connectivity index (χ1) is 6.17. The lowest BCUT2D eigenvalue weighted by Crippen LogP contribution is -2.43. The molecule has 0 saturated carbocycles. The van der Waals surface area contributed by atoms with Crippen molar-refractivity contribution in [3.63, 3.8) is 0 Å². The average molecular weight is 186 g/mol. The van der Waals surface area contributed by atoms with Crippen molar-refractivity contribution in [2.24, 2.45) is 0 Å². The molecule has 3 heteroatoms. The van der Waals surface area contributed by atoms with Gasteiger partial charge < -0.3 is 10.2 Å². The number of amides is 1. The summed E-state index contributed by atoms with van der Waals surface area (Å²) in [5.74, 6) is 0.207. The average Bonchev–Trinajstić information content (AvgIpc) is 2.15. The van der Waals surface area contributed by atoms with Crippen molar-refractivity contribution in [1.29, 1.82) is 0 Å². The molecule has 13 heavy (non-hydrogen) atoms.